The molecule has 4 aromatic heterocycles. The number of amides is 2. The number of aliphatic hydroxyl groups is 1. The summed E-state index contributed by atoms with van der Waals surface area (Å²) in [6.07, 6.45) is 8.79. The Balaban J connectivity index is 0.602. The van der Waals surface area contributed by atoms with Gasteiger partial charge in [0.1, 0.15) is 30.4 Å². The number of aromatic hydroxyl groups is 1. The number of β-amino-alcohol motifs (C(OH)–C–C–N with tert-alkyl or cyclic N) is 1. The fourth-order valence-corrected chi connectivity index (χ4v) is 12.0. The van der Waals surface area contributed by atoms with Crippen LogP contribution in [0.5, 0.6) is 17.5 Å². The van der Waals surface area contributed by atoms with Gasteiger partial charge in [0.15, 0.2) is 11.6 Å². The number of para-hydroxylation sites is 1. The molecule has 2 aromatic carbocycles. The number of aliphatic hydroxyl groups excluding tert-OH is 1. The number of nitrogens with two attached hydrogens (primary N) is 1. The van der Waals surface area contributed by atoms with E-state index < -0.39 is 24.1 Å². The lowest BCUT2D eigenvalue weighted by atomic mass is 9.91. The molecule has 2 bridgehead atoms. The van der Waals surface area contributed by atoms with Crippen LogP contribution in [0.25, 0.3) is 16.9 Å². The van der Waals surface area contributed by atoms with Gasteiger partial charge in [-0.25, -0.2) is 4.98 Å². The van der Waals surface area contributed by atoms with E-state index in [-0.39, 0.29) is 78.3 Å². The van der Waals surface area contributed by atoms with Crippen LogP contribution in [0.1, 0.15) is 89.0 Å². The van der Waals surface area contributed by atoms with Gasteiger partial charge in [0.25, 0.3) is 11.4 Å². The van der Waals surface area contributed by atoms with Gasteiger partial charge in [-0.15, -0.1) is 10.2 Å². The first-order valence-corrected chi connectivity index (χ1v) is 27.4. The fourth-order valence-electron chi connectivity index (χ4n) is 12.0. The number of fused-ring (bicyclic) bond motifs is 2. The van der Waals surface area contributed by atoms with Gasteiger partial charge in [-0.3, -0.25) is 23.9 Å². The second-order valence-corrected chi connectivity index (χ2v) is 21.8. The summed E-state index contributed by atoms with van der Waals surface area (Å²) < 4.78 is 26.3. The van der Waals surface area contributed by atoms with Crippen LogP contribution in [0.2, 0.25) is 0 Å². The summed E-state index contributed by atoms with van der Waals surface area (Å²) in [5.41, 5.74) is 10.9. The first-order chi connectivity index (χ1) is 37.8. The smallest absolute Gasteiger partial charge is 0.255 e. The molecule has 410 valence electrons. The van der Waals surface area contributed by atoms with Crippen LogP contribution in [0.4, 0.5) is 17.2 Å². The summed E-state index contributed by atoms with van der Waals surface area (Å²) in [5, 5.41) is 36.9. The van der Waals surface area contributed by atoms with Crippen molar-refractivity contribution in [3.63, 3.8) is 0 Å². The maximum Gasteiger partial charge on any atom is 0.255 e. The lowest BCUT2D eigenvalue weighted by Crippen LogP contribution is -2.54. The van der Waals surface area contributed by atoms with Crippen molar-refractivity contribution in [2.45, 2.75) is 120 Å². The Labute approximate surface area is 453 Å². The molecule has 6 atom stereocenters. The van der Waals surface area contributed by atoms with Crippen molar-refractivity contribution < 1.29 is 38.5 Å². The van der Waals surface area contributed by atoms with Crippen molar-refractivity contribution >= 4 is 29.0 Å². The Hall–Kier alpha value is -7.55. The molecule has 11 rings (SSSR count). The van der Waals surface area contributed by atoms with E-state index in [0.717, 1.165) is 81.6 Å². The highest BCUT2D eigenvalue weighted by Gasteiger charge is 2.45. The molecule has 0 radical (unpaired) electrons. The Morgan fingerprint density at radius 2 is 1.59 bits per heavy atom. The molecule has 2 amide bonds. The Morgan fingerprint density at radius 1 is 0.833 bits per heavy atom. The number of nitrogens with zero attached hydrogens (tertiary/aromatic N) is 9. The number of hydrogen-bond acceptors (Lipinski definition) is 17. The van der Waals surface area contributed by atoms with Crippen LogP contribution in [0.15, 0.2) is 113 Å². The Kier molecular flexibility index (Phi) is 15.4. The summed E-state index contributed by atoms with van der Waals surface area (Å²) in [6, 6.07) is 26.5. The van der Waals surface area contributed by atoms with E-state index in [2.05, 4.69) is 52.5 Å². The van der Waals surface area contributed by atoms with E-state index in [1.165, 1.54) is 11.0 Å². The first kappa shape index (κ1) is 52.5. The molecular formula is C58H69N11O9. The number of hydrogen-bond donors (Lipinski definition) is 4. The predicted molar refractivity (Wildman–Crippen MR) is 292 cm³/mol. The molecule has 8 heterocycles. The summed E-state index contributed by atoms with van der Waals surface area (Å²) in [5.74, 6) is 0.159. The zero-order valence-corrected chi connectivity index (χ0v) is 44.3. The number of carbonyl (C=O) groups is 2. The van der Waals surface area contributed by atoms with Gasteiger partial charge in [-0.2, -0.15) is 0 Å². The van der Waals surface area contributed by atoms with E-state index in [1.807, 2.05) is 69.4 Å². The monoisotopic (exact) mass is 1060 g/mol. The first-order valence-electron chi connectivity index (χ1n) is 27.4. The second-order valence-electron chi connectivity index (χ2n) is 21.8. The maximum absolute atomic E-state index is 14.2. The van der Waals surface area contributed by atoms with E-state index >= 15 is 0 Å². The number of nitrogens with one attached hydrogen (secondary N) is 1. The second kappa shape index (κ2) is 22.8. The molecule has 4 aliphatic heterocycles. The van der Waals surface area contributed by atoms with Crippen molar-refractivity contribution in [1.82, 2.24) is 40.0 Å². The van der Waals surface area contributed by atoms with Crippen LogP contribution in [0, 0.1) is 5.92 Å². The average molecular weight is 1060 g/mol. The minimum absolute atomic E-state index is 0.0227. The van der Waals surface area contributed by atoms with E-state index in [9.17, 15) is 24.6 Å². The number of phenols is 1. The number of pyridine rings is 2. The van der Waals surface area contributed by atoms with E-state index in [4.69, 9.17) is 24.5 Å². The molecule has 78 heavy (non-hydrogen) atoms. The zero-order chi connectivity index (χ0) is 54.0. The molecule has 20 heteroatoms. The highest BCUT2D eigenvalue weighted by atomic mass is 16.5. The van der Waals surface area contributed by atoms with Gasteiger partial charge in [0.05, 0.1) is 35.7 Å². The zero-order valence-electron chi connectivity index (χ0n) is 44.3. The van der Waals surface area contributed by atoms with Crippen molar-refractivity contribution in [3.05, 3.63) is 125 Å². The maximum atomic E-state index is 14.2. The number of piperazine rings is 1. The Bertz CT molecular complexity index is 3110. The van der Waals surface area contributed by atoms with E-state index in [1.54, 1.807) is 41.1 Å². The SMILES string of the molecule is CC(C)[C@@H](C(=O)N1C[C@H](O)C[C@H]1C(=O)N[C@@H](C)c1ccc(-n2ccccc2=O)cc1)c1cc(OCCN2CCC(OC3CC(Oc4cc(N5C6CC[C@@H]5CN(c5cc(-c7ccccc7O)nnc5N)C6)ccn4)C3)CC2)no1. The fraction of sp³-hybridized carbons (Fsp3) is 0.466. The minimum atomic E-state index is -0.873. The Morgan fingerprint density at radius 3 is 2.33 bits per heavy atom. The van der Waals surface area contributed by atoms with Crippen molar-refractivity contribution in [1.29, 1.82) is 0 Å². The number of nitrogen functional groups attached to an aromatic ring is 1. The molecule has 5 N–H and O–H groups in total. The van der Waals surface area contributed by atoms with Crippen molar-refractivity contribution in [2.75, 3.05) is 61.4 Å². The van der Waals surface area contributed by atoms with Crippen molar-refractivity contribution in [3.8, 4) is 34.5 Å². The normalized spacial score (nSPS) is 23.3. The molecule has 6 aromatic rings. The van der Waals surface area contributed by atoms with E-state index in [0.29, 0.717) is 47.6 Å². The predicted octanol–water partition coefficient (Wildman–Crippen LogP) is 5.87. The van der Waals surface area contributed by atoms with Gasteiger partial charge in [-0.05, 0) is 91.7 Å². The summed E-state index contributed by atoms with van der Waals surface area (Å²) in [7, 11) is 0. The van der Waals surface area contributed by atoms with Crippen LogP contribution < -0.4 is 35.9 Å². The molecule has 20 nitrogen and oxygen atoms in total. The number of rotatable bonds is 18. The molecule has 1 aliphatic carbocycles. The third-order valence-corrected chi connectivity index (χ3v) is 16.2. The third-order valence-electron chi connectivity index (χ3n) is 16.2. The van der Waals surface area contributed by atoms with Gasteiger partial charge >= 0.3 is 0 Å². The number of ether oxygens (including phenoxy) is 3. The lowest BCUT2D eigenvalue weighted by Gasteiger charge is -2.43. The molecular weight excluding hydrogens is 995 g/mol. The summed E-state index contributed by atoms with van der Waals surface area (Å²) in [6.45, 7) is 10.1. The number of likely N-dealkylation sites (tertiary alicyclic amines) is 2. The topological polar surface area (TPSA) is 240 Å². The lowest BCUT2D eigenvalue weighted by molar-refractivity contribution is -0.141. The van der Waals surface area contributed by atoms with Gasteiger partial charge in [-0.1, -0.05) is 44.2 Å². The van der Waals surface area contributed by atoms with Gasteiger partial charge in [0.2, 0.25) is 17.7 Å². The van der Waals surface area contributed by atoms with Crippen LogP contribution in [0.3, 0.4) is 0 Å². The minimum Gasteiger partial charge on any atom is -0.507 e. The summed E-state index contributed by atoms with van der Waals surface area (Å²) >= 11 is 0. The van der Waals surface area contributed by atoms with Gasteiger partial charge in [0, 0.05) is 118 Å². The molecule has 5 aliphatic rings. The number of anilines is 3. The number of carbonyl (C=O) groups excluding carboxylic acids is 2. The van der Waals surface area contributed by atoms with Crippen LogP contribution in [-0.4, -0.2) is 145 Å². The average Bonchev–Trinajstić information content (AvgIpc) is 4.21. The number of phenolic OH excluding ortho intramolecular Hbond substituents is 1. The molecule has 5 fully saturated rings. The standard InChI is InChI=1S/C58H69N11O9/c1-35(2)55(58(74)68-34-42(70)27-49(68)57(73)61-36(3)37-11-13-38(14-12-37)67-21-7-6-10-54(67)72)51-31-53(64-78-51)75-25-24-65-22-18-43(19-23-65)76-44-28-45(29-44)77-52-26-39(17-20-60-52)69-40-15-16-41(69)33-66(32-40)48-30-47(62-63-56(48)59)46-8-4-5-9-50(46)71/h4-14,17,20-21,26,30-31,35-36,40-45,49,55,70-71H,15-16,18-19,22-25,27-29,32-34H2,1-3H3,(H2,59,63)(H,61,73)/t36-,40+,41?,42+,44?,45?,49-,55+/m0/s1. The molecule has 1 unspecified atom stereocenters. The summed E-state index contributed by atoms with van der Waals surface area (Å²) in [4.78, 5) is 53.5. The van der Waals surface area contributed by atoms with Crippen molar-refractivity contribution in [2.24, 2.45) is 5.92 Å². The molecule has 0 spiro atoms. The third kappa shape index (κ3) is 11.4. The van der Waals surface area contributed by atoms with Crippen LogP contribution in [-0.2, 0) is 14.3 Å². The number of piperidine rings is 1. The van der Waals surface area contributed by atoms with Gasteiger partial charge < -0.3 is 54.7 Å². The largest absolute Gasteiger partial charge is 0.507 e. The molecule has 4 saturated heterocycles. The number of aromatic nitrogens is 5. The highest BCUT2D eigenvalue weighted by molar-refractivity contribution is 5.91. The number of benzene rings is 2. The highest BCUT2D eigenvalue weighted by Crippen LogP contribution is 2.41. The quantitative estimate of drug-likeness (QED) is 0.0787. The molecule has 1 saturated carbocycles. The van der Waals surface area contributed by atoms with Crippen LogP contribution >= 0.6 is 0 Å².